The third-order valence-corrected chi connectivity index (χ3v) is 3.70. The molecule has 0 saturated heterocycles. The Morgan fingerprint density at radius 1 is 1.04 bits per heavy atom. The van der Waals surface area contributed by atoms with Crippen molar-refractivity contribution in [3.63, 3.8) is 0 Å². The van der Waals surface area contributed by atoms with Gasteiger partial charge in [0.05, 0.1) is 6.54 Å². The number of nitrogens with zero attached hydrogens (tertiary/aromatic N) is 1. The summed E-state index contributed by atoms with van der Waals surface area (Å²) in [4.78, 5) is 25.3. The number of nitrogens with one attached hydrogen (secondary N) is 1. The van der Waals surface area contributed by atoms with Crippen molar-refractivity contribution in [1.82, 2.24) is 4.90 Å². The second kappa shape index (κ2) is 8.24. The number of anilines is 1. The number of carbonyl (C=O) groups is 2. The zero-order valence-corrected chi connectivity index (χ0v) is 13.9. The number of carbonyl (C=O) groups excluding carboxylic acids is 2. The lowest BCUT2D eigenvalue weighted by atomic mass is 10.1. The first kappa shape index (κ1) is 17.7. The highest BCUT2D eigenvalue weighted by Crippen LogP contribution is 2.09. The van der Waals surface area contributed by atoms with E-state index in [1.54, 1.807) is 12.1 Å². The molecule has 0 unspecified atom stereocenters. The van der Waals surface area contributed by atoms with E-state index in [4.69, 9.17) is 0 Å². The van der Waals surface area contributed by atoms with Gasteiger partial charge in [-0.15, -0.1) is 0 Å². The molecule has 1 N–H and O–H groups in total. The molecule has 2 aromatic carbocycles. The highest BCUT2D eigenvalue weighted by Gasteiger charge is 2.13. The summed E-state index contributed by atoms with van der Waals surface area (Å²) < 4.78 is 12.9. The smallest absolute Gasteiger partial charge is 0.243 e. The van der Waals surface area contributed by atoms with Gasteiger partial charge in [-0.3, -0.25) is 9.59 Å². The van der Waals surface area contributed by atoms with Crippen LogP contribution in [0.1, 0.15) is 18.1 Å². The van der Waals surface area contributed by atoms with E-state index in [0.717, 1.165) is 11.1 Å². The van der Waals surface area contributed by atoms with E-state index >= 15 is 0 Å². The quantitative estimate of drug-likeness (QED) is 0.885. The Morgan fingerprint density at radius 2 is 1.67 bits per heavy atom. The van der Waals surface area contributed by atoms with Crippen LogP contribution in [0.5, 0.6) is 0 Å². The Balaban J connectivity index is 1.90. The van der Waals surface area contributed by atoms with Gasteiger partial charge in [0.1, 0.15) is 5.82 Å². The van der Waals surface area contributed by atoms with Crippen molar-refractivity contribution in [1.29, 1.82) is 0 Å². The van der Waals surface area contributed by atoms with Crippen molar-refractivity contribution in [2.24, 2.45) is 0 Å². The van der Waals surface area contributed by atoms with Crippen LogP contribution in [-0.4, -0.2) is 29.8 Å². The maximum atomic E-state index is 12.9. The van der Waals surface area contributed by atoms with E-state index in [1.165, 1.54) is 24.0 Å². The van der Waals surface area contributed by atoms with Gasteiger partial charge in [0.2, 0.25) is 11.8 Å². The fraction of sp³-hybridized carbons (Fsp3) is 0.263. The summed E-state index contributed by atoms with van der Waals surface area (Å²) in [6.07, 6.45) is 0.567. The van der Waals surface area contributed by atoms with Gasteiger partial charge in [-0.2, -0.15) is 0 Å². The summed E-state index contributed by atoms with van der Waals surface area (Å²) in [7, 11) is 0. The molecule has 0 aromatic heterocycles. The average molecular weight is 328 g/mol. The Morgan fingerprint density at radius 3 is 2.25 bits per heavy atom. The fourth-order valence-electron chi connectivity index (χ4n) is 2.27. The number of amides is 2. The maximum absolute atomic E-state index is 12.9. The molecular formula is C19H21FN2O2. The van der Waals surface area contributed by atoms with Crippen molar-refractivity contribution < 1.29 is 14.0 Å². The average Bonchev–Trinajstić information content (AvgIpc) is 2.55. The van der Waals surface area contributed by atoms with Crippen molar-refractivity contribution in [2.75, 3.05) is 18.4 Å². The molecule has 0 fully saturated rings. The van der Waals surface area contributed by atoms with Crippen LogP contribution in [0.3, 0.4) is 0 Å². The molecule has 0 atom stereocenters. The van der Waals surface area contributed by atoms with Gasteiger partial charge in [-0.05, 0) is 43.2 Å². The summed E-state index contributed by atoms with van der Waals surface area (Å²) >= 11 is 0. The van der Waals surface area contributed by atoms with Crippen LogP contribution in [0, 0.1) is 12.7 Å². The molecule has 24 heavy (non-hydrogen) atoms. The lowest BCUT2D eigenvalue weighted by molar-refractivity contribution is -0.132. The van der Waals surface area contributed by atoms with Gasteiger partial charge in [0, 0.05) is 19.2 Å². The molecule has 2 aromatic rings. The first-order valence-electron chi connectivity index (χ1n) is 7.80. The van der Waals surface area contributed by atoms with Gasteiger partial charge in [-0.25, -0.2) is 4.39 Å². The van der Waals surface area contributed by atoms with Crippen LogP contribution in [0.2, 0.25) is 0 Å². The van der Waals surface area contributed by atoms with Gasteiger partial charge in [0.15, 0.2) is 0 Å². The van der Waals surface area contributed by atoms with E-state index in [2.05, 4.69) is 5.32 Å². The van der Waals surface area contributed by atoms with Crippen LogP contribution in [0.25, 0.3) is 0 Å². The standard InChI is InChI=1S/C19H21FN2O2/c1-14-3-9-18(10-4-14)21-19(24)13-22(15(2)23)12-11-16-5-7-17(20)8-6-16/h3-10H,11-13H2,1-2H3,(H,21,24). The van der Waals surface area contributed by atoms with Crippen LogP contribution in [0.15, 0.2) is 48.5 Å². The zero-order chi connectivity index (χ0) is 17.5. The van der Waals surface area contributed by atoms with Gasteiger partial charge in [0.25, 0.3) is 0 Å². The molecule has 0 aliphatic rings. The van der Waals surface area contributed by atoms with Crippen LogP contribution in [-0.2, 0) is 16.0 Å². The molecule has 0 aliphatic carbocycles. The topological polar surface area (TPSA) is 49.4 Å². The van der Waals surface area contributed by atoms with Crippen LogP contribution >= 0.6 is 0 Å². The van der Waals surface area contributed by atoms with Crippen LogP contribution < -0.4 is 5.32 Å². The van der Waals surface area contributed by atoms with E-state index in [0.29, 0.717) is 18.7 Å². The minimum Gasteiger partial charge on any atom is -0.333 e. The number of hydrogen-bond donors (Lipinski definition) is 1. The number of hydrogen-bond acceptors (Lipinski definition) is 2. The van der Waals surface area contributed by atoms with E-state index < -0.39 is 0 Å². The fourth-order valence-corrected chi connectivity index (χ4v) is 2.27. The van der Waals surface area contributed by atoms with Gasteiger partial charge < -0.3 is 10.2 Å². The first-order chi connectivity index (χ1) is 11.4. The molecule has 0 saturated carbocycles. The SMILES string of the molecule is CC(=O)N(CCc1ccc(F)cc1)CC(=O)Nc1ccc(C)cc1. The largest absolute Gasteiger partial charge is 0.333 e. The molecule has 0 heterocycles. The highest BCUT2D eigenvalue weighted by atomic mass is 19.1. The molecule has 0 bridgehead atoms. The van der Waals surface area contributed by atoms with E-state index in [1.807, 2.05) is 31.2 Å². The third kappa shape index (κ3) is 5.50. The maximum Gasteiger partial charge on any atom is 0.243 e. The second-order valence-electron chi connectivity index (χ2n) is 5.73. The van der Waals surface area contributed by atoms with Crippen molar-refractivity contribution >= 4 is 17.5 Å². The number of halogens is 1. The normalized spacial score (nSPS) is 10.3. The minimum absolute atomic E-state index is 0.00952. The van der Waals surface area contributed by atoms with Crippen molar-refractivity contribution in [2.45, 2.75) is 20.3 Å². The predicted molar refractivity (Wildman–Crippen MR) is 92.2 cm³/mol. The van der Waals surface area contributed by atoms with Crippen LogP contribution in [0.4, 0.5) is 10.1 Å². The molecular weight excluding hydrogens is 307 g/mol. The predicted octanol–water partition coefficient (Wildman–Crippen LogP) is 3.16. The summed E-state index contributed by atoms with van der Waals surface area (Å²) in [6, 6.07) is 13.6. The molecule has 4 nitrogen and oxygen atoms in total. The third-order valence-electron chi connectivity index (χ3n) is 3.70. The summed E-state index contributed by atoms with van der Waals surface area (Å²) in [5.74, 6) is -0.705. The van der Waals surface area contributed by atoms with Gasteiger partial charge in [-0.1, -0.05) is 29.8 Å². The Hall–Kier alpha value is -2.69. The van der Waals surface area contributed by atoms with E-state index in [-0.39, 0.29) is 24.2 Å². The Bertz CT molecular complexity index is 696. The molecule has 5 heteroatoms. The highest BCUT2D eigenvalue weighted by molar-refractivity contribution is 5.94. The summed E-state index contributed by atoms with van der Waals surface area (Å²) in [5, 5.41) is 2.78. The van der Waals surface area contributed by atoms with Gasteiger partial charge >= 0.3 is 0 Å². The Kier molecular flexibility index (Phi) is 6.07. The summed E-state index contributed by atoms with van der Waals surface area (Å²) in [6.45, 7) is 3.80. The van der Waals surface area contributed by atoms with Crippen molar-refractivity contribution in [3.05, 3.63) is 65.5 Å². The first-order valence-corrected chi connectivity index (χ1v) is 7.80. The summed E-state index contributed by atoms with van der Waals surface area (Å²) in [5.41, 5.74) is 2.73. The minimum atomic E-state index is -0.292. The van der Waals surface area contributed by atoms with E-state index in [9.17, 15) is 14.0 Å². The molecule has 2 amide bonds. The molecule has 0 aliphatic heterocycles. The monoisotopic (exact) mass is 328 g/mol. The second-order valence-corrected chi connectivity index (χ2v) is 5.73. The molecule has 2 rings (SSSR count). The lowest BCUT2D eigenvalue weighted by Gasteiger charge is -2.20. The number of benzene rings is 2. The number of aryl methyl sites for hydroxylation is 1. The number of rotatable bonds is 6. The Labute approximate surface area is 141 Å². The molecule has 0 radical (unpaired) electrons. The van der Waals surface area contributed by atoms with Crippen molar-refractivity contribution in [3.8, 4) is 0 Å². The lowest BCUT2D eigenvalue weighted by Crippen LogP contribution is -2.38. The molecule has 126 valence electrons. The zero-order valence-electron chi connectivity index (χ0n) is 13.9. The molecule has 0 spiro atoms.